The minimum absolute atomic E-state index is 0.154. The number of halogens is 3. The average Bonchev–Trinajstić information content (AvgIpc) is 3.18. The van der Waals surface area contributed by atoms with Gasteiger partial charge in [0.05, 0.1) is 7.11 Å². The molecule has 1 aliphatic heterocycles. The standard InChI is InChI=1S/C12H19F3N2O2/c1-16(19-2)10(18)9-3-7-17(8-4-9)11(5-6-11)12(13,14)15/h9H,3-8H2,1-2H3. The molecule has 7 heteroatoms. The minimum atomic E-state index is -4.16. The van der Waals surface area contributed by atoms with Crippen LogP contribution in [0.25, 0.3) is 0 Å². The molecule has 1 saturated carbocycles. The Morgan fingerprint density at radius 1 is 1.32 bits per heavy atom. The Labute approximate surface area is 110 Å². The van der Waals surface area contributed by atoms with Crippen molar-refractivity contribution in [2.45, 2.75) is 37.4 Å². The lowest BCUT2D eigenvalue weighted by Gasteiger charge is -2.38. The van der Waals surface area contributed by atoms with Gasteiger partial charge in [0.15, 0.2) is 0 Å². The van der Waals surface area contributed by atoms with Crippen molar-refractivity contribution in [2.24, 2.45) is 5.92 Å². The van der Waals surface area contributed by atoms with Gasteiger partial charge in [-0.25, -0.2) is 5.06 Å². The summed E-state index contributed by atoms with van der Waals surface area (Å²) in [6.07, 6.45) is -2.86. The van der Waals surface area contributed by atoms with E-state index in [-0.39, 0.29) is 24.7 Å². The van der Waals surface area contributed by atoms with Crippen LogP contribution in [0.15, 0.2) is 0 Å². The molecule has 1 saturated heterocycles. The third-order valence-corrected chi connectivity index (χ3v) is 4.29. The summed E-state index contributed by atoms with van der Waals surface area (Å²) in [5.74, 6) is -0.385. The summed E-state index contributed by atoms with van der Waals surface area (Å²) in [7, 11) is 2.92. The van der Waals surface area contributed by atoms with E-state index in [2.05, 4.69) is 0 Å². The second kappa shape index (κ2) is 4.94. The highest BCUT2D eigenvalue weighted by molar-refractivity contribution is 5.77. The van der Waals surface area contributed by atoms with Gasteiger partial charge in [0.2, 0.25) is 5.91 Å². The molecule has 0 radical (unpaired) electrons. The topological polar surface area (TPSA) is 32.8 Å². The lowest BCUT2D eigenvalue weighted by atomic mass is 9.94. The maximum absolute atomic E-state index is 13.0. The second-order valence-electron chi connectivity index (χ2n) is 5.31. The molecule has 2 aliphatic rings. The molecule has 0 unspecified atom stereocenters. The van der Waals surface area contributed by atoms with E-state index < -0.39 is 11.7 Å². The van der Waals surface area contributed by atoms with E-state index >= 15 is 0 Å². The fourth-order valence-electron chi connectivity index (χ4n) is 2.80. The summed E-state index contributed by atoms with van der Waals surface area (Å²) >= 11 is 0. The molecule has 1 heterocycles. The van der Waals surface area contributed by atoms with Crippen LogP contribution < -0.4 is 0 Å². The van der Waals surface area contributed by atoms with Crippen LogP contribution >= 0.6 is 0 Å². The van der Waals surface area contributed by atoms with Gasteiger partial charge in [-0.3, -0.25) is 14.5 Å². The van der Waals surface area contributed by atoms with E-state index in [0.717, 1.165) is 5.06 Å². The van der Waals surface area contributed by atoms with Gasteiger partial charge in [-0.1, -0.05) is 0 Å². The van der Waals surface area contributed by atoms with E-state index in [9.17, 15) is 18.0 Å². The monoisotopic (exact) mass is 280 g/mol. The molecular weight excluding hydrogens is 261 g/mol. The molecule has 4 nitrogen and oxygen atoms in total. The highest BCUT2D eigenvalue weighted by Crippen LogP contribution is 2.54. The predicted molar refractivity (Wildman–Crippen MR) is 62.1 cm³/mol. The van der Waals surface area contributed by atoms with Crippen LogP contribution in [-0.2, 0) is 9.63 Å². The smallest absolute Gasteiger partial charge is 0.290 e. The van der Waals surface area contributed by atoms with Crippen LogP contribution in [-0.4, -0.2) is 54.8 Å². The van der Waals surface area contributed by atoms with E-state index in [4.69, 9.17) is 4.84 Å². The first kappa shape index (κ1) is 14.6. The first-order valence-electron chi connectivity index (χ1n) is 6.45. The molecule has 0 spiro atoms. The molecule has 1 amide bonds. The zero-order valence-electron chi connectivity index (χ0n) is 11.2. The Kier molecular flexibility index (Phi) is 3.79. The Bertz CT molecular complexity index is 347. The van der Waals surface area contributed by atoms with Crippen LogP contribution in [0.4, 0.5) is 13.2 Å². The molecule has 0 atom stereocenters. The van der Waals surface area contributed by atoms with Gasteiger partial charge in [-0.05, 0) is 38.8 Å². The van der Waals surface area contributed by atoms with Gasteiger partial charge in [0.1, 0.15) is 5.54 Å². The van der Waals surface area contributed by atoms with Crippen LogP contribution in [0.1, 0.15) is 25.7 Å². The number of piperidine rings is 1. The van der Waals surface area contributed by atoms with Gasteiger partial charge in [0.25, 0.3) is 0 Å². The predicted octanol–water partition coefficient (Wildman–Crippen LogP) is 1.81. The van der Waals surface area contributed by atoms with Gasteiger partial charge in [-0.2, -0.15) is 13.2 Å². The summed E-state index contributed by atoms with van der Waals surface area (Å²) < 4.78 is 38.9. The largest absolute Gasteiger partial charge is 0.406 e. The number of rotatable bonds is 3. The van der Waals surface area contributed by atoms with Crippen molar-refractivity contribution in [2.75, 3.05) is 27.2 Å². The third-order valence-electron chi connectivity index (χ3n) is 4.29. The first-order chi connectivity index (χ1) is 8.82. The van der Waals surface area contributed by atoms with Gasteiger partial charge >= 0.3 is 6.18 Å². The molecule has 0 aromatic rings. The second-order valence-corrected chi connectivity index (χ2v) is 5.31. The highest BCUT2D eigenvalue weighted by atomic mass is 19.4. The number of amides is 1. The van der Waals surface area contributed by atoms with Crippen LogP contribution in [0.3, 0.4) is 0 Å². The molecular formula is C12H19F3N2O2. The van der Waals surface area contributed by atoms with Crippen molar-refractivity contribution in [3.05, 3.63) is 0 Å². The van der Waals surface area contributed by atoms with Gasteiger partial charge < -0.3 is 0 Å². The number of hydrogen-bond donors (Lipinski definition) is 0. The molecule has 19 heavy (non-hydrogen) atoms. The van der Waals surface area contributed by atoms with Crippen molar-refractivity contribution >= 4 is 5.91 Å². The number of carbonyl (C=O) groups is 1. The highest BCUT2D eigenvalue weighted by Gasteiger charge is 2.66. The Morgan fingerprint density at radius 3 is 2.21 bits per heavy atom. The molecule has 0 aromatic heterocycles. The van der Waals surface area contributed by atoms with Crippen molar-refractivity contribution in [3.63, 3.8) is 0 Å². The number of carbonyl (C=O) groups excluding carboxylic acids is 1. The van der Waals surface area contributed by atoms with E-state index in [0.29, 0.717) is 25.9 Å². The number of hydrogen-bond acceptors (Lipinski definition) is 3. The average molecular weight is 280 g/mol. The Balaban J connectivity index is 1.92. The Morgan fingerprint density at radius 2 is 1.84 bits per heavy atom. The minimum Gasteiger partial charge on any atom is -0.290 e. The summed E-state index contributed by atoms with van der Waals surface area (Å²) in [6.45, 7) is 0.654. The Hall–Kier alpha value is -0.820. The summed E-state index contributed by atoms with van der Waals surface area (Å²) in [4.78, 5) is 18.2. The van der Waals surface area contributed by atoms with E-state index in [1.54, 1.807) is 0 Å². The molecule has 1 aliphatic carbocycles. The molecule has 0 N–H and O–H groups in total. The maximum atomic E-state index is 13.0. The van der Waals surface area contributed by atoms with Crippen molar-refractivity contribution in [1.29, 1.82) is 0 Å². The zero-order chi connectivity index (χ0) is 14.3. The van der Waals surface area contributed by atoms with Gasteiger partial charge in [-0.15, -0.1) is 0 Å². The fraction of sp³-hybridized carbons (Fsp3) is 0.917. The van der Waals surface area contributed by atoms with Crippen molar-refractivity contribution in [1.82, 2.24) is 9.96 Å². The zero-order valence-corrected chi connectivity index (χ0v) is 11.2. The number of alkyl halides is 3. The van der Waals surface area contributed by atoms with Crippen LogP contribution in [0.5, 0.6) is 0 Å². The first-order valence-corrected chi connectivity index (χ1v) is 6.45. The van der Waals surface area contributed by atoms with E-state index in [1.165, 1.54) is 19.1 Å². The number of nitrogens with zero attached hydrogens (tertiary/aromatic N) is 2. The number of hydroxylamine groups is 2. The van der Waals surface area contributed by atoms with Crippen LogP contribution in [0, 0.1) is 5.92 Å². The maximum Gasteiger partial charge on any atom is 0.406 e. The summed E-state index contributed by atoms with van der Waals surface area (Å²) in [6, 6.07) is 0. The van der Waals surface area contributed by atoms with Crippen LogP contribution in [0.2, 0.25) is 0 Å². The third kappa shape index (κ3) is 2.58. The molecule has 0 aromatic carbocycles. The molecule has 2 rings (SSSR count). The number of likely N-dealkylation sites (tertiary alicyclic amines) is 1. The summed E-state index contributed by atoms with van der Waals surface area (Å²) in [5, 5.41) is 1.15. The lowest BCUT2D eigenvalue weighted by Crippen LogP contribution is -2.52. The quantitative estimate of drug-likeness (QED) is 0.739. The van der Waals surface area contributed by atoms with Gasteiger partial charge in [0, 0.05) is 13.0 Å². The molecule has 110 valence electrons. The van der Waals surface area contributed by atoms with Crippen molar-refractivity contribution in [3.8, 4) is 0 Å². The van der Waals surface area contributed by atoms with Crippen molar-refractivity contribution < 1.29 is 22.8 Å². The summed E-state index contributed by atoms with van der Waals surface area (Å²) in [5.41, 5.74) is -1.60. The SMILES string of the molecule is CON(C)C(=O)C1CCN(C2(C(F)(F)F)CC2)CC1. The van der Waals surface area contributed by atoms with E-state index in [1.807, 2.05) is 0 Å². The fourth-order valence-corrected chi connectivity index (χ4v) is 2.80. The molecule has 0 bridgehead atoms. The normalized spacial score (nSPS) is 24.3. The lowest BCUT2D eigenvalue weighted by molar-refractivity contribution is -0.201. The molecule has 2 fully saturated rings.